The van der Waals surface area contributed by atoms with Crippen LogP contribution in [0.1, 0.15) is 5.56 Å². The van der Waals surface area contributed by atoms with Gasteiger partial charge in [0, 0.05) is 6.42 Å². The average molecular weight is 304 g/mol. The van der Waals surface area contributed by atoms with Crippen molar-refractivity contribution < 1.29 is 17.9 Å². The molecule has 2 rings (SSSR count). The zero-order valence-electron chi connectivity index (χ0n) is 11.4. The Morgan fingerprint density at radius 2 is 1.48 bits per heavy atom. The highest BCUT2D eigenvalue weighted by Crippen LogP contribution is 2.10. The van der Waals surface area contributed by atoms with Crippen LogP contribution in [0.5, 0.6) is 0 Å². The summed E-state index contributed by atoms with van der Waals surface area (Å²) in [7, 11) is -3.63. The maximum Gasteiger partial charge on any atom is 0.321 e. The topological polar surface area (TPSA) is 60.4 Å². The van der Waals surface area contributed by atoms with E-state index in [0.717, 1.165) is 5.56 Å². The Balaban J connectivity index is 1.85. The van der Waals surface area contributed by atoms with Gasteiger partial charge in [0.05, 0.1) is 11.5 Å². The smallest absolute Gasteiger partial charge is 0.321 e. The van der Waals surface area contributed by atoms with Crippen molar-refractivity contribution in [3.63, 3.8) is 0 Å². The van der Waals surface area contributed by atoms with Crippen molar-refractivity contribution in [1.82, 2.24) is 0 Å². The van der Waals surface area contributed by atoms with Crippen LogP contribution >= 0.6 is 0 Å². The Labute approximate surface area is 124 Å². The highest BCUT2D eigenvalue weighted by molar-refractivity contribution is 7.92. The van der Waals surface area contributed by atoms with Gasteiger partial charge < -0.3 is 4.74 Å². The first-order valence-electron chi connectivity index (χ1n) is 6.55. The van der Waals surface area contributed by atoms with Crippen LogP contribution in [0, 0.1) is 0 Å². The fourth-order valence-corrected chi connectivity index (χ4v) is 2.97. The maximum absolute atomic E-state index is 12.0. The van der Waals surface area contributed by atoms with E-state index in [1.807, 2.05) is 30.3 Å². The molecule has 0 N–H and O–H groups in total. The van der Waals surface area contributed by atoms with Crippen LogP contribution in [-0.2, 0) is 25.8 Å². The minimum absolute atomic E-state index is 0.130. The monoisotopic (exact) mass is 304 g/mol. The van der Waals surface area contributed by atoms with Gasteiger partial charge in [0.15, 0.2) is 15.6 Å². The van der Waals surface area contributed by atoms with Crippen LogP contribution in [0.25, 0.3) is 0 Å². The van der Waals surface area contributed by atoms with E-state index in [-0.39, 0.29) is 11.5 Å². The van der Waals surface area contributed by atoms with Gasteiger partial charge in [-0.3, -0.25) is 4.79 Å². The molecule has 110 valence electrons. The van der Waals surface area contributed by atoms with Gasteiger partial charge in [0.2, 0.25) is 0 Å². The average Bonchev–Trinajstić information content (AvgIpc) is 2.49. The van der Waals surface area contributed by atoms with E-state index in [2.05, 4.69) is 0 Å². The molecule has 0 bridgehead atoms. The van der Waals surface area contributed by atoms with E-state index in [0.29, 0.717) is 6.42 Å². The predicted molar refractivity (Wildman–Crippen MR) is 79.6 cm³/mol. The molecular formula is C16H16O4S. The Kier molecular flexibility index (Phi) is 5.11. The van der Waals surface area contributed by atoms with Crippen LogP contribution in [0.3, 0.4) is 0 Å². The number of rotatable bonds is 6. The standard InChI is InChI=1S/C16H16O4S/c17-16(20-12-11-14-7-3-1-4-8-14)13-21(18,19)15-9-5-2-6-10-15/h1-10H,11-13H2. The lowest BCUT2D eigenvalue weighted by atomic mass is 10.2. The Morgan fingerprint density at radius 3 is 2.10 bits per heavy atom. The molecule has 0 saturated carbocycles. The van der Waals surface area contributed by atoms with Crippen LogP contribution in [0.15, 0.2) is 65.6 Å². The molecule has 5 heteroatoms. The van der Waals surface area contributed by atoms with Crippen LogP contribution in [0.4, 0.5) is 0 Å². The molecule has 0 amide bonds. The van der Waals surface area contributed by atoms with E-state index in [9.17, 15) is 13.2 Å². The minimum Gasteiger partial charge on any atom is -0.465 e. The number of sulfone groups is 1. The van der Waals surface area contributed by atoms with Gasteiger partial charge >= 0.3 is 5.97 Å². The van der Waals surface area contributed by atoms with Gasteiger partial charge in [0.25, 0.3) is 0 Å². The molecule has 0 spiro atoms. The molecule has 0 radical (unpaired) electrons. The summed E-state index contributed by atoms with van der Waals surface area (Å²) in [5, 5.41) is 0. The zero-order valence-corrected chi connectivity index (χ0v) is 12.3. The summed E-state index contributed by atoms with van der Waals surface area (Å²) in [6, 6.07) is 17.4. The lowest BCUT2D eigenvalue weighted by molar-refractivity contribution is -0.140. The molecule has 4 nitrogen and oxygen atoms in total. The summed E-state index contributed by atoms with van der Waals surface area (Å²) < 4.78 is 28.9. The third kappa shape index (κ3) is 4.72. The van der Waals surface area contributed by atoms with E-state index in [1.54, 1.807) is 18.2 Å². The van der Waals surface area contributed by atoms with Gasteiger partial charge in [-0.25, -0.2) is 8.42 Å². The van der Waals surface area contributed by atoms with Crippen LogP contribution in [-0.4, -0.2) is 26.7 Å². The molecule has 0 aliphatic heterocycles. The molecule has 2 aromatic carbocycles. The highest BCUT2D eigenvalue weighted by Gasteiger charge is 2.19. The minimum atomic E-state index is -3.63. The maximum atomic E-state index is 12.0. The fourth-order valence-electron chi connectivity index (χ4n) is 1.84. The van der Waals surface area contributed by atoms with Gasteiger partial charge in [-0.2, -0.15) is 0 Å². The van der Waals surface area contributed by atoms with Crippen molar-refractivity contribution in [3.05, 3.63) is 66.2 Å². The van der Waals surface area contributed by atoms with Gasteiger partial charge in [0.1, 0.15) is 0 Å². The number of carbonyl (C=O) groups excluding carboxylic acids is 1. The summed E-state index contributed by atoms with van der Waals surface area (Å²) >= 11 is 0. The summed E-state index contributed by atoms with van der Waals surface area (Å²) in [6.07, 6.45) is 0.567. The highest BCUT2D eigenvalue weighted by atomic mass is 32.2. The fraction of sp³-hybridized carbons (Fsp3) is 0.188. The zero-order chi connectivity index (χ0) is 15.1. The third-order valence-corrected chi connectivity index (χ3v) is 4.51. The number of benzene rings is 2. The van der Waals surface area contributed by atoms with Crippen LogP contribution in [0.2, 0.25) is 0 Å². The molecule has 0 heterocycles. The first-order chi connectivity index (χ1) is 10.1. The molecule has 0 saturated heterocycles. The van der Waals surface area contributed by atoms with E-state index in [4.69, 9.17) is 4.74 Å². The summed E-state index contributed by atoms with van der Waals surface area (Å²) in [4.78, 5) is 11.8. The number of hydrogen-bond donors (Lipinski definition) is 0. The first kappa shape index (κ1) is 15.3. The van der Waals surface area contributed by atoms with Crippen molar-refractivity contribution in [3.8, 4) is 0 Å². The third-order valence-electron chi connectivity index (χ3n) is 2.91. The number of carbonyl (C=O) groups is 1. The molecular weight excluding hydrogens is 288 g/mol. The van der Waals surface area contributed by atoms with Gasteiger partial charge in [-0.1, -0.05) is 48.5 Å². The van der Waals surface area contributed by atoms with Crippen molar-refractivity contribution in [2.75, 3.05) is 12.4 Å². The quantitative estimate of drug-likeness (QED) is 0.768. The normalized spacial score (nSPS) is 11.0. The molecule has 0 aliphatic carbocycles. The molecule has 0 unspecified atom stereocenters. The van der Waals surface area contributed by atoms with Crippen molar-refractivity contribution in [2.24, 2.45) is 0 Å². The summed E-state index contributed by atoms with van der Waals surface area (Å²) in [5.74, 6) is -1.36. The Bertz CT molecular complexity index is 679. The molecule has 2 aromatic rings. The predicted octanol–water partition coefficient (Wildman–Crippen LogP) is 2.25. The van der Waals surface area contributed by atoms with E-state index < -0.39 is 21.6 Å². The lowest BCUT2D eigenvalue weighted by Gasteiger charge is -2.06. The molecule has 21 heavy (non-hydrogen) atoms. The SMILES string of the molecule is O=C(CS(=O)(=O)c1ccccc1)OCCc1ccccc1. The lowest BCUT2D eigenvalue weighted by Crippen LogP contribution is -2.19. The first-order valence-corrected chi connectivity index (χ1v) is 8.20. The van der Waals surface area contributed by atoms with Crippen molar-refractivity contribution >= 4 is 15.8 Å². The second-order valence-corrected chi connectivity index (χ2v) is 6.52. The number of hydrogen-bond acceptors (Lipinski definition) is 4. The summed E-state index contributed by atoms with van der Waals surface area (Å²) in [6.45, 7) is 0.174. The largest absolute Gasteiger partial charge is 0.465 e. The Morgan fingerprint density at radius 1 is 0.905 bits per heavy atom. The molecule has 0 aromatic heterocycles. The molecule has 0 atom stereocenters. The number of esters is 1. The Hall–Kier alpha value is -2.14. The van der Waals surface area contributed by atoms with Crippen molar-refractivity contribution in [1.29, 1.82) is 0 Å². The summed E-state index contributed by atoms with van der Waals surface area (Å²) in [5.41, 5.74) is 1.04. The van der Waals surface area contributed by atoms with E-state index >= 15 is 0 Å². The van der Waals surface area contributed by atoms with E-state index in [1.165, 1.54) is 12.1 Å². The van der Waals surface area contributed by atoms with Crippen molar-refractivity contribution in [2.45, 2.75) is 11.3 Å². The molecule has 0 fully saturated rings. The van der Waals surface area contributed by atoms with Gasteiger partial charge in [-0.05, 0) is 17.7 Å². The number of ether oxygens (including phenoxy) is 1. The second-order valence-electron chi connectivity index (χ2n) is 4.53. The molecule has 0 aliphatic rings. The van der Waals surface area contributed by atoms with Crippen LogP contribution < -0.4 is 0 Å². The second kappa shape index (κ2) is 7.04. The van der Waals surface area contributed by atoms with Gasteiger partial charge in [-0.15, -0.1) is 0 Å².